The lowest BCUT2D eigenvalue weighted by atomic mass is 9.68. The highest BCUT2D eigenvalue weighted by Gasteiger charge is 2.41. The Morgan fingerprint density at radius 2 is 2.13 bits per heavy atom. The lowest BCUT2D eigenvalue weighted by Gasteiger charge is -2.44. The Hall–Kier alpha value is -3.11. The Morgan fingerprint density at radius 1 is 1.26 bits per heavy atom. The van der Waals surface area contributed by atoms with Crippen molar-refractivity contribution in [1.82, 2.24) is 14.5 Å². The Morgan fingerprint density at radius 3 is 2.87 bits per heavy atom. The third kappa shape index (κ3) is 4.80. The van der Waals surface area contributed by atoms with Crippen molar-refractivity contribution in [1.29, 1.82) is 5.26 Å². The predicted molar refractivity (Wildman–Crippen MR) is 120 cm³/mol. The van der Waals surface area contributed by atoms with Gasteiger partial charge >= 0.3 is 0 Å². The van der Waals surface area contributed by atoms with Crippen LogP contribution in [0.15, 0.2) is 42.9 Å². The molecular formula is C24H29N5O2. The van der Waals surface area contributed by atoms with E-state index in [1.807, 2.05) is 37.5 Å². The zero-order valence-electron chi connectivity index (χ0n) is 18.1. The Labute approximate surface area is 182 Å². The minimum atomic E-state index is -0.792. The quantitative estimate of drug-likeness (QED) is 0.598. The van der Waals surface area contributed by atoms with Crippen LogP contribution in [0, 0.1) is 16.7 Å². The van der Waals surface area contributed by atoms with Crippen LogP contribution in [0.3, 0.4) is 0 Å². The van der Waals surface area contributed by atoms with Crippen molar-refractivity contribution in [3.8, 4) is 11.9 Å². The van der Waals surface area contributed by atoms with Gasteiger partial charge in [0.05, 0.1) is 53.1 Å². The van der Waals surface area contributed by atoms with E-state index < -0.39 is 5.60 Å². The van der Waals surface area contributed by atoms with Crippen LogP contribution >= 0.6 is 0 Å². The van der Waals surface area contributed by atoms with Crippen LogP contribution < -0.4 is 10.1 Å². The maximum Gasteiger partial charge on any atom is 0.213 e. The number of benzene rings is 1. The van der Waals surface area contributed by atoms with Gasteiger partial charge in [-0.1, -0.05) is 6.92 Å². The third-order valence-corrected chi connectivity index (χ3v) is 6.13. The summed E-state index contributed by atoms with van der Waals surface area (Å²) in [7, 11) is 0. The fourth-order valence-corrected chi connectivity index (χ4v) is 4.75. The Kier molecular flexibility index (Phi) is 5.84. The van der Waals surface area contributed by atoms with Crippen LogP contribution in [0.2, 0.25) is 0 Å². The molecule has 0 radical (unpaired) electrons. The van der Waals surface area contributed by atoms with Crippen molar-refractivity contribution in [2.24, 2.45) is 5.41 Å². The molecule has 7 nitrogen and oxygen atoms in total. The summed E-state index contributed by atoms with van der Waals surface area (Å²) in [4.78, 5) is 8.76. The summed E-state index contributed by atoms with van der Waals surface area (Å²) in [5.74, 6) is 0.601. The molecule has 2 heterocycles. The molecule has 1 aromatic carbocycles. The summed E-state index contributed by atoms with van der Waals surface area (Å²) in [5.41, 5.74) is 2.50. The third-order valence-electron chi connectivity index (χ3n) is 6.13. The van der Waals surface area contributed by atoms with Crippen molar-refractivity contribution in [2.45, 2.75) is 51.7 Å². The monoisotopic (exact) mass is 419 g/mol. The second kappa shape index (κ2) is 8.56. The van der Waals surface area contributed by atoms with E-state index in [9.17, 15) is 10.4 Å². The first kappa shape index (κ1) is 21.1. The minimum Gasteiger partial charge on any atom is -0.478 e. The summed E-state index contributed by atoms with van der Waals surface area (Å²) >= 11 is 0. The van der Waals surface area contributed by atoms with Crippen LogP contribution in [0.1, 0.15) is 45.1 Å². The van der Waals surface area contributed by atoms with Gasteiger partial charge in [0.15, 0.2) is 0 Å². The molecule has 3 aromatic rings. The summed E-state index contributed by atoms with van der Waals surface area (Å²) in [6.45, 7) is 5.98. The highest BCUT2D eigenvalue weighted by molar-refractivity contribution is 5.77. The predicted octanol–water partition coefficient (Wildman–Crippen LogP) is 4.13. The summed E-state index contributed by atoms with van der Waals surface area (Å²) < 4.78 is 7.50. The topological polar surface area (TPSA) is 96.0 Å². The molecule has 1 saturated carbocycles. The van der Waals surface area contributed by atoms with Gasteiger partial charge in [-0.3, -0.25) is 0 Å². The molecule has 1 fully saturated rings. The average molecular weight is 420 g/mol. The molecule has 1 aliphatic carbocycles. The SMILES string of the molecule is CCOc1ccc(NC[C@]2(O)CCC[C@](C)(Cn3cnc4ccc(C#N)cc43)C2)cn1. The van der Waals surface area contributed by atoms with Crippen LogP contribution in [0.25, 0.3) is 11.0 Å². The molecule has 2 aromatic heterocycles. The van der Waals surface area contributed by atoms with E-state index >= 15 is 0 Å². The van der Waals surface area contributed by atoms with Gasteiger partial charge in [0.25, 0.3) is 0 Å². The number of nitrogens with zero attached hydrogens (tertiary/aromatic N) is 4. The number of aliphatic hydroxyl groups is 1. The molecule has 2 atom stereocenters. The first-order chi connectivity index (χ1) is 14.9. The molecule has 4 rings (SSSR count). The van der Waals surface area contributed by atoms with Crippen molar-refractivity contribution in [3.63, 3.8) is 0 Å². The zero-order chi connectivity index (χ0) is 21.9. The Bertz CT molecular complexity index is 1090. The minimum absolute atomic E-state index is 0.0674. The molecule has 162 valence electrons. The number of hydrogen-bond donors (Lipinski definition) is 2. The number of nitriles is 1. The van der Waals surface area contributed by atoms with Crippen molar-refractivity contribution < 1.29 is 9.84 Å². The van der Waals surface area contributed by atoms with Gasteiger partial charge in [-0.25, -0.2) is 9.97 Å². The van der Waals surface area contributed by atoms with Gasteiger partial charge < -0.3 is 19.7 Å². The van der Waals surface area contributed by atoms with Crippen LogP contribution in [-0.2, 0) is 6.54 Å². The van der Waals surface area contributed by atoms with Crippen LogP contribution in [0.5, 0.6) is 5.88 Å². The van der Waals surface area contributed by atoms with Gasteiger partial charge in [0.2, 0.25) is 5.88 Å². The molecule has 7 heteroatoms. The van der Waals surface area contributed by atoms with E-state index in [4.69, 9.17) is 4.74 Å². The highest BCUT2D eigenvalue weighted by atomic mass is 16.5. The number of fused-ring (bicyclic) bond motifs is 1. The van der Waals surface area contributed by atoms with Crippen molar-refractivity contribution >= 4 is 16.7 Å². The summed E-state index contributed by atoms with van der Waals surface area (Å²) in [6, 6.07) is 11.5. The first-order valence-corrected chi connectivity index (χ1v) is 10.8. The lowest BCUT2D eigenvalue weighted by molar-refractivity contribution is -0.0388. The van der Waals surface area contributed by atoms with Crippen LogP contribution in [-0.4, -0.2) is 38.4 Å². The van der Waals surface area contributed by atoms with Gasteiger partial charge in [-0.2, -0.15) is 5.26 Å². The molecule has 31 heavy (non-hydrogen) atoms. The van der Waals surface area contributed by atoms with E-state index in [0.717, 1.165) is 42.5 Å². The van der Waals surface area contributed by atoms with Gasteiger partial charge in [0.1, 0.15) is 0 Å². The number of nitrogens with one attached hydrogen (secondary N) is 1. The van der Waals surface area contributed by atoms with Gasteiger partial charge in [-0.15, -0.1) is 0 Å². The van der Waals surface area contributed by atoms with E-state index in [0.29, 0.717) is 31.0 Å². The first-order valence-electron chi connectivity index (χ1n) is 10.8. The zero-order valence-corrected chi connectivity index (χ0v) is 18.1. The number of imidazole rings is 1. The molecule has 0 aliphatic heterocycles. The fourth-order valence-electron chi connectivity index (χ4n) is 4.75. The standard InChI is InChI=1S/C24H29N5O2/c1-3-31-22-8-6-19(13-26-22)27-15-24(30)10-4-9-23(2,14-24)16-29-17-28-20-7-5-18(12-25)11-21(20)29/h5-8,11,13,17,27,30H,3-4,9-10,14-16H2,1-2H3/t23-,24-/m0/s1. The largest absolute Gasteiger partial charge is 0.478 e. The molecule has 0 spiro atoms. The number of anilines is 1. The van der Waals surface area contributed by atoms with E-state index in [2.05, 4.69) is 32.8 Å². The smallest absolute Gasteiger partial charge is 0.213 e. The molecule has 0 saturated heterocycles. The molecule has 0 bridgehead atoms. The molecule has 2 N–H and O–H groups in total. The number of aromatic nitrogens is 3. The highest BCUT2D eigenvalue weighted by Crippen LogP contribution is 2.43. The average Bonchev–Trinajstić information content (AvgIpc) is 3.14. The number of pyridine rings is 1. The van der Waals surface area contributed by atoms with Gasteiger partial charge in [0, 0.05) is 19.2 Å². The molecule has 1 aliphatic rings. The van der Waals surface area contributed by atoms with Crippen molar-refractivity contribution in [2.75, 3.05) is 18.5 Å². The summed E-state index contributed by atoms with van der Waals surface area (Å²) in [5, 5.41) is 23.9. The van der Waals surface area contributed by atoms with Crippen LogP contribution in [0.4, 0.5) is 5.69 Å². The second-order valence-corrected chi connectivity index (χ2v) is 8.92. The lowest BCUT2D eigenvalue weighted by Crippen LogP contribution is -2.46. The maximum absolute atomic E-state index is 11.4. The van der Waals surface area contributed by atoms with Gasteiger partial charge in [-0.05, 0) is 62.3 Å². The molecule has 0 unspecified atom stereocenters. The number of rotatable bonds is 7. The van der Waals surface area contributed by atoms with E-state index in [1.54, 1.807) is 12.3 Å². The van der Waals surface area contributed by atoms with Crippen molar-refractivity contribution in [3.05, 3.63) is 48.4 Å². The van der Waals surface area contributed by atoms with E-state index in [-0.39, 0.29) is 5.41 Å². The normalized spacial score (nSPS) is 23.4. The number of ether oxygens (including phenoxy) is 1. The number of hydrogen-bond acceptors (Lipinski definition) is 6. The fraction of sp³-hybridized carbons (Fsp3) is 0.458. The van der Waals surface area contributed by atoms with E-state index in [1.165, 1.54) is 0 Å². The Balaban J connectivity index is 1.44. The summed E-state index contributed by atoms with van der Waals surface area (Å²) in [6.07, 6.45) is 7.04. The molecule has 0 amide bonds. The maximum atomic E-state index is 11.4. The molecular weight excluding hydrogens is 390 g/mol. The second-order valence-electron chi connectivity index (χ2n) is 8.92.